The molecule has 1 unspecified atom stereocenters. The Bertz CT molecular complexity index is 641. The van der Waals surface area contributed by atoms with Crippen molar-refractivity contribution in [1.82, 2.24) is 20.2 Å². The molecule has 2 bridgehead atoms. The quantitative estimate of drug-likeness (QED) is 0.755. The molecule has 3 saturated heterocycles. The van der Waals surface area contributed by atoms with Crippen LogP contribution in [-0.2, 0) is 14.3 Å². The number of ether oxygens (including phenoxy) is 1. The number of imide groups is 1. The van der Waals surface area contributed by atoms with Gasteiger partial charge < -0.3 is 4.74 Å². The molecule has 0 radical (unpaired) electrons. The van der Waals surface area contributed by atoms with E-state index in [1.54, 1.807) is 0 Å². The molecule has 1 N–H and O–H groups in total. The number of rotatable bonds is 2. The fourth-order valence-corrected chi connectivity index (χ4v) is 3.24. The average Bonchev–Trinajstić information content (AvgIpc) is 2.81. The number of carbonyl (C=O) groups is 3. The highest BCUT2D eigenvalue weighted by molar-refractivity contribution is 6.08. The lowest BCUT2D eigenvalue weighted by atomic mass is 9.63. The van der Waals surface area contributed by atoms with Crippen LogP contribution in [0.2, 0.25) is 0 Å². The molecular formula is C13H12N4O4. The van der Waals surface area contributed by atoms with Gasteiger partial charge in [-0.2, -0.15) is 0 Å². The van der Waals surface area contributed by atoms with Gasteiger partial charge in [-0.15, -0.1) is 0 Å². The molecule has 0 spiro atoms. The number of carbonyl (C=O) groups excluding carboxylic acids is 3. The molecule has 1 saturated carbocycles. The van der Waals surface area contributed by atoms with E-state index in [4.69, 9.17) is 4.74 Å². The van der Waals surface area contributed by atoms with Crippen molar-refractivity contribution >= 4 is 17.9 Å². The van der Waals surface area contributed by atoms with Gasteiger partial charge in [0.05, 0.1) is 12.7 Å². The number of piperidine rings is 2. The number of cyclic esters (lactones) is 1. The summed E-state index contributed by atoms with van der Waals surface area (Å²) in [5.41, 5.74) is -0.389. The Balaban J connectivity index is 1.59. The third-order valence-electron chi connectivity index (χ3n) is 4.44. The van der Waals surface area contributed by atoms with E-state index in [0.29, 0.717) is 18.5 Å². The van der Waals surface area contributed by atoms with Crippen LogP contribution in [0, 0.1) is 5.92 Å². The number of hydrogen-bond acceptors (Lipinski definition) is 6. The predicted molar refractivity (Wildman–Crippen MR) is 66.6 cm³/mol. The minimum atomic E-state index is -0.938. The SMILES string of the molecule is O=C1NC(=O)C2(N3CC(c4cnccn4)OC3=O)CC1C2. The Hall–Kier alpha value is -2.51. The van der Waals surface area contributed by atoms with Crippen LogP contribution in [0.5, 0.6) is 0 Å². The van der Waals surface area contributed by atoms with Crippen LogP contribution >= 0.6 is 0 Å². The molecule has 4 heterocycles. The minimum absolute atomic E-state index is 0.189. The van der Waals surface area contributed by atoms with Crippen LogP contribution in [0.3, 0.4) is 0 Å². The van der Waals surface area contributed by atoms with Crippen LogP contribution in [0.25, 0.3) is 0 Å². The van der Waals surface area contributed by atoms with Gasteiger partial charge in [0.2, 0.25) is 5.91 Å². The van der Waals surface area contributed by atoms with Gasteiger partial charge in [-0.05, 0) is 12.8 Å². The topological polar surface area (TPSA) is 101 Å². The summed E-state index contributed by atoms with van der Waals surface area (Å²) in [6.45, 7) is 0.242. The highest BCUT2D eigenvalue weighted by Gasteiger charge is 2.64. The number of nitrogens with one attached hydrogen (secondary N) is 1. The summed E-state index contributed by atoms with van der Waals surface area (Å²) < 4.78 is 5.30. The number of nitrogens with zero attached hydrogens (tertiary/aromatic N) is 3. The lowest BCUT2D eigenvalue weighted by Crippen LogP contribution is -2.73. The van der Waals surface area contributed by atoms with Crippen LogP contribution in [0.4, 0.5) is 4.79 Å². The van der Waals surface area contributed by atoms with E-state index in [1.165, 1.54) is 23.5 Å². The zero-order chi connectivity index (χ0) is 14.6. The van der Waals surface area contributed by atoms with Gasteiger partial charge in [0.1, 0.15) is 11.2 Å². The van der Waals surface area contributed by atoms with E-state index in [0.717, 1.165) is 0 Å². The van der Waals surface area contributed by atoms with Gasteiger partial charge in [0.15, 0.2) is 6.10 Å². The summed E-state index contributed by atoms with van der Waals surface area (Å²) >= 11 is 0. The maximum absolute atomic E-state index is 12.1. The molecule has 4 aliphatic rings. The Morgan fingerprint density at radius 3 is 2.76 bits per heavy atom. The monoisotopic (exact) mass is 288 g/mol. The highest BCUT2D eigenvalue weighted by atomic mass is 16.6. The standard InChI is InChI=1S/C13H12N4O4/c18-10-7-3-13(4-7,11(19)16-10)17-6-9(21-12(17)20)8-5-14-1-2-15-8/h1-2,5,7,9H,3-4,6H2,(H,16,18,19). The van der Waals surface area contributed by atoms with Crippen molar-refractivity contribution in [2.75, 3.05) is 6.54 Å². The van der Waals surface area contributed by atoms with Crippen LogP contribution in [0.15, 0.2) is 18.6 Å². The van der Waals surface area contributed by atoms with E-state index in [-0.39, 0.29) is 18.4 Å². The lowest BCUT2D eigenvalue weighted by molar-refractivity contribution is -0.159. The summed E-state index contributed by atoms with van der Waals surface area (Å²) in [6.07, 6.45) is 4.26. The first-order valence-electron chi connectivity index (χ1n) is 6.70. The molecule has 108 valence electrons. The Labute approximate surface area is 119 Å². The maximum Gasteiger partial charge on any atom is 0.411 e. The van der Waals surface area contributed by atoms with E-state index >= 15 is 0 Å². The number of aromatic nitrogens is 2. The largest absolute Gasteiger partial charge is 0.438 e. The molecule has 3 aliphatic heterocycles. The molecule has 1 aromatic rings. The summed E-state index contributed by atoms with van der Waals surface area (Å²) in [6, 6.07) is 0. The first kappa shape index (κ1) is 12.2. The van der Waals surface area contributed by atoms with Crippen LogP contribution < -0.4 is 5.32 Å². The summed E-state index contributed by atoms with van der Waals surface area (Å²) in [7, 11) is 0. The van der Waals surface area contributed by atoms with Gasteiger partial charge in [-0.25, -0.2) is 4.79 Å². The number of fused-ring (bicyclic) bond motifs is 2. The molecule has 1 atom stereocenters. The molecule has 4 fully saturated rings. The third-order valence-corrected chi connectivity index (χ3v) is 4.44. The molecule has 3 amide bonds. The molecule has 21 heavy (non-hydrogen) atoms. The van der Waals surface area contributed by atoms with Crippen molar-refractivity contribution in [3.63, 3.8) is 0 Å². The second-order valence-corrected chi connectivity index (χ2v) is 5.57. The van der Waals surface area contributed by atoms with Crippen molar-refractivity contribution < 1.29 is 19.1 Å². The number of amides is 3. The van der Waals surface area contributed by atoms with Crippen molar-refractivity contribution in [3.05, 3.63) is 24.3 Å². The van der Waals surface area contributed by atoms with E-state index < -0.39 is 23.6 Å². The fourth-order valence-electron chi connectivity index (χ4n) is 3.24. The van der Waals surface area contributed by atoms with Gasteiger partial charge in [0.25, 0.3) is 5.91 Å². The Morgan fingerprint density at radius 1 is 1.29 bits per heavy atom. The van der Waals surface area contributed by atoms with Gasteiger partial charge in [-0.1, -0.05) is 0 Å². The van der Waals surface area contributed by atoms with Crippen LogP contribution in [-0.4, -0.2) is 44.9 Å². The highest BCUT2D eigenvalue weighted by Crippen LogP contribution is 2.48. The van der Waals surface area contributed by atoms with Gasteiger partial charge >= 0.3 is 6.09 Å². The number of hydrogen-bond donors (Lipinski definition) is 1. The summed E-state index contributed by atoms with van der Waals surface area (Å²) in [5.74, 6) is -0.849. The van der Waals surface area contributed by atoms with E-state index in [2.05, 4.69) is 15.3 Å². The average molecular weight is 288 g/mol. The van der Waals surface area contributed by atoms with Crippen molar-refractivity contribution in [2.24, 2.45) is 5.92 Å². The maximum atomic E-state index is 12.1. The zero-order valence-electron chi connectivity index (χ0n) is 11.0. The first-order chi connectivity index (χ1) is 10.1. The van der Waals surface area contributed by atoms with Gasteiger partial charge in [0, 0.05) is 18.3 Å². The zero-order valence-corrected chi connectivity index (χ0v) is 11.0. The van der Waals surface area contributed by atoms with Crippen molar-refractivity contribution in [3.8, 4) is 0 Å². The molecule has 5 rings (SSSR count). The Kier molecular flexibility index (Phi) is 2.33. The van der Waals surface area contributed by atoms with Crippen LogP contribution in [0.1, 0.15) is 24.6 Å². The summed E-state index contributed by atoms with van der Waals surface area (Å²) in [4.78, 5) is 45.2. The Morgan fingerprint density at radius 2 is 2.10 bits per heavy atom. The molecule has 8 heteroatoms. The van der Waals surface area contributed by atoms with Crippen molar-refractivity contribution in [1.29, 1.82) is 0 Å². The normalized spacial score (nSPS) is 34.3. The van der Waals surface area contributed by atoms with Crippen molar-refractivity contribution in [2.45, 2.75) is 24.5 Å². The fraction of sp³-hybridized carbons (Fsp3) is 0.462. The molecule has 1 aliphatic carbocycles. The van der Waals surface area contributed by atoms with E-state index in [1.807, 2.05) is 0 Å². The second-order valence-electron chi connectivity index (χ2n) is 5.57. The predicted octanol–water partition coefficient (Wildman–Crippen LogP) is -0.225. The van der Waals surface area contributed by atoms with Gasteiger partial charge in [-0.3, -0.25) is 29.8 Å². The second kappa shape index (κ2) is 4.00. The third kappa shape index (κ3) is 1.58. The lowest BCUT2D eigenvalue weighted by Gasteiger charge is -2.52. The molecule has 0 aromatic carbocycles. The first-order valence-corrected chi connectivity index (χ1v) is 6.70. The molecule has 1 aromatic heterocycles. The molecule has 8 nitrogen and oxygen atoms in total. The van der Waals surface area contributed by atoms with E-state index in [9.17, 15) is 14.4 Å². The minimum Gasteiger partial charge on any atom is -0.438 e. The molecular weight excluding hydrogens is 276 g/mol. The summed E-state index contributed by atoms with van der Waals surface area (Å²) in [5, 5.41) is 2.32. The smallest absolute Gasteiger partial charge is 0.411 e.